The van der Waals surface area contributed by atoms with Gasteiger partial charge in [-0.3, -0.25) is 14.5 Å². The van der Waals surface area contributed by atoms with Gasteiger partial charge < -0.3 is 0 Å². The average Bonchev–Trinajstić information content (AvgIpc) is 2.85. The first kappa shape index (κ1) is 15.7. The molecule has 1 N–H and O–H groups in total. The molecule has 5 nitrogen and oxygen atoms in total. The highest BCUT2D eigenvalue weighted by Gasteiger charge is 2.17. The molecule has 0 saturated carbocycles. The topological polar surface area (TPSA) is 63.6 Å². The summed E-state index contributed by atoms with van der Waals surface area (Å²) in [5.74, 6) is 0. The monoisotopic (exact) mass is 330 g/mol. The Labute approximate surface area is 139 Å². The number of aryl methyl sites for hydroxylation is 2. The van der Waals surface area contributed by atoms with Crippen LogP contribution in [0.4, 0.5) is 0 Å². The molecule has 0 aliphatic carbocycles. The van der Waals surface area contributed by atoms with Crippen LogP contribution in [0.15, 0.2) is 29.3 Å². The van der Waals surface area contributed by atoms with Crippen molar-refractivity contribution in [2.45, 2.75) is 39.7 Å². The zero-order valence-electron chi connectivity index (χ0n) is 13.3. The summed E-state index contributed by atoms with van der Waals surface area (Å²) in [5, 5.41) is 0.520. The number of hydrogen-bond acceptors (Lipinski definition) is 3. The molecule has 0 aromatic carbocycles. The Balaban J connectivity index is 2.21. The van der Waals surface area contributed by atoms with Crippen LogP contribution in [0.25, 0.3) is 22.3 Å². The van der Waals surface area contributed by atoms with E-state index in [0.717, 1.165) is 41.6 Å². The van der Waals surface area contributed by atoms with E-state index >= 15 is 0 Å². The molecule has 3 aromatic heterocycles. The SMILES string of the molecule is CCCCCn1c(=O)[nH]c2ncc(Cl)c(-c3ccc(C)nc3)c21. The van der Waals surface area contributed by atoms with Crippen LogP contribution in [-0.2, 0) is 6.54 Å². The third kappa shape index (κ3) is 3.01. The molecule has 0 unspecified atom stereocenters. The van der Waals surface area contributed by atoms with Crippen LogP contribution in [0, 0.1) is 6.92 Å². The molecule has 0 saturated heterocycles. The molecule has 0 atom stereocenters. The molecule has 0 aliphatic heterocycles. The average molecular weight is 331 g/mol. The summed E-state index contributed by atoms with van der Waals surface area (Å²) in [6.45, 7) is 4.73. The van der Waals surface area contributed by atoms with Crippen molar-refractivity contribution >= 4 is 22.8 Å². The number of imidazole rings is 1. The van der Waals surface area contributed by atoms with E-state index in [0.29, 0.717) is 17.2 Å². The lowest BCUT2D eigenvalue weighted by Gasteiger charge is -2.10. The summed E-state index contributed by atoms with van der Waals surface area (Å²) in [6.07, 6.45) is 6.48. The summed E-state index contributed by atoms with van der Waals surface area (Å²) >= 11 is 6.40. The van der Waals surface area contributed by atoms with Crippen molar-refractivity contribution in [3.8, 4) is 11.1 Å². The van der Waals surface area contributed by atoms with Crippen molar-refractivity contribution in [2.75, 3.05) is 0 Å². The van der Waals surface area contributed by atoms with E-state index in [4.69, 9.17) is 11.6 Å². The summed E-state index contributed by atoms with van der Waals surface area (Å²) in [4.78, 5) is 23.7. The van der Waals surface area contributed by atoms with E-state index in [9.17, 15) is 4.79 Å². The molecule has 0 amide bonds. The lowest BCUT2D eigenvalue weighted by Crippen LogP contribution is -2.17. The van der Waals surface area contributed by atoms with E-state index < -0.39 is 0 Å². The minimum Gasteiger partial charge on any atom is -0.290 e. The van der Waals surface area contributed by atoms with Crippen molar-refractivity contribution in [3.05, 3.63) is 45.7 Å². The largest absolute Gasteiger partial charge is 0.327 e. The molecular weight excluding hydrogens is 312 g/mol. The maximum absolute atomic E-state index is 12.3. The molecule has 3 heterocycles. The van der Waals surface area contributed by atoms with Gasteiger partial charge in [0.2, 0.25) is 0 Å². The summed E-state index contributed by atoms with van der Waals surface area (Å²) in [6, 6.07) is 3.90. The van der Waals surface area contributed by atoms with Gasteiger partial charge in [-0.1, -0.05) is 37.4 Å². The molecular formula is C17H19ClN4O. The van der Waals surface area contributed by atoms with Crippen LogP contribution in [-0.4, -0.2) is 19.5 Å². The molecule has 23 heavy (non-hydrogen) atoms. The van der Waals surface area contributed by atoms with E-state index in [1.807, 2.05) is 19.1 Å². The molecule has 0 spiro atoms. The van der Waals surface area contributed by atoms with Gasteiger partial charge in [0.15, 0.2) is 5.65 Å². The fourth-order valence-corrected chi connectivity index (χ4v) is 2.97. The predicted octanol–water partition coefficient (Wildman–Crippen LogP) is 3.94. The first-order valence-corrected chi connectivity index (χ1v) is 8.19. The van der Waals surface area contributed by atoms with Gasteiger partial charge in [-0.25, -0.2) is 9.78 Å². The van der Waals surface area contributed by atoms with Crippen molar-refractivity contribution in [2.24, 2.45) is 0 Å². The smallest absolute Gasteiger partial charge is 0.290 e. The van der Waals surface area contributed by atoms with Crippen molar-refractivity contribution in [1.29, 1.82) is 0 Å². The van der Waals surface area contributed by atoms with Crippen LogP contribution >= 0.6 is 11.6 Å². The third-order valence-corrected chi connectivity index (χ3v) is 4.22. The Kier molecular flexibility index (Phi) is 4.48. The highest BCUT2D eigenvalue weighted by Crippen LogP contribution is 2.33. The fourth-order valence-electron chi connectivity index (χ4n) is 2.73. The highest BCUT2D eigenvalue weighted by atomic mass is 35.5. The lowest BCUT2D eigenvalue weighted by molar-refractivity contribution is 0.601. The number of H-pyrrole nitrogens is 1. The number of fused-ring (bicyclic) bond motifs is 1. The quantitative estimate of drug-likeness (QED) is 0.721. The van der Waals surface area contributed by atoms with Gasteiger partial charge in [0.25, 0.3) is 0 Å². The number of rotatable bonds is 5. The Bertz CT molecular complexity index is 880. The van der Waals surface area contributed by atoms with Crippen LogP contribution in [0.5, 0.6) is 0 Å². The van der Waals surface area contributed by atoms with Crippen LogP contribution in [0.3, 0.4) is 0 Å². The fraction of sp³-hybridized carbons (Fsp3) is 0.353. The molecule has 3 aromatic rings. The normalized spacial score (nSPS) is 11.3. The van der Waals surface area contributed by atoms with Gasteiger partial charge >= 0.3 is 5.69 Å². The number of pyridine rings is 2. The van der Waals surface area contributed by atoms with Gasteiger partial charge in [0.05, 0.1) is 10.5 Å². The second kappa shape index (κ2) is 6.54. The van der Waals surface area contributed by atoms with Crippen molar-refractivity contribution in [1.82, 2.24) is 19.5 Å². The maximum atomic E-state index is 12.3. The van der Waals surface area contributed by atoms with E-state index in [1.165, 1.54) is 0 Å². The molecule has 0 aliphatic rings. The molecule has 0 fully saturated rings. The Morgan fingerprint density at radius 3 is 2.74 bits per heavy atom. The Hall–Kier alpha value is -2.14. The molecule has 0 radical (unpaired) electrons. The maximum Gasteiger partial charge on any atom is 0.327 e. The van der Waals surface area contributed by atoms with Gasteiger partial charge in [-0.05, 0) is 19.4 Å². The molecule has 120 valence electrons. The second-order valence-electron chi connectivity index (χ2n) is 5.66. The van der Waals surface area contributed by atoms with Crippen molar-refractivity contribution in [3.63, 3.8) is 0 Å². The zero-order chi connectivity index (χ0) is 16.4. The highest BCUT2D eigenvalue weighted by molar-refractivity contribution is 6.34. The third-order valence-electron chi connectivity index (χ3n) is 3.93. The van der Waals surface area contributed by atoms with E-state index in [2.05, 4.69) is 21.9 Å². The van der Waals surface area contributed by atoms with E-state index in [-0.39, 0.29) is 5.69 Å². The number of aromatic nitrogens is 4. The van der Waals surface area contributed by atoms with Crippen LogP contribution < -0.4 is 5.69 Å². The lowest BCUT2D eigenvalue weighted by atomic mass is 10.1. The predicted molar refractivity (Wildman–Crippen MR) is 92.9 cm³/mol. The first-order valence-electron chi connectivity index (χ1n) is 7.82. The molecule has 3 rings (SSSR count). The van der Waals surface area contributed by atoms with Gasteiger partial charge in [0, 0.05) is 35.8 Å². The summed E-state index contributed by atoms with van der Waals surface area (Å²) in [5.41, 5.74) is 3.79. The number of aromatic amines is 1. The standard InChI is InChI=1S/C17H19ClN4O/c1-3-4-5-8-22-15-14(12-7-6-11(2)19-9-12)13(18)10-20-16(15)21-17(22)23/h6-7,9-10H,3-5,8H2,1-2H3,(H,20,21,23). The molecule has 6 heteroatoms. The van der Waals surface area contributed by atoms with Crippen LogP contribution in [0.2, 0.25) is 5.02 Å². The van der Waals surface area contributed by atoms with Crippen molar-refractivity contribution < 1.29 is 0 Å². The Morgan fingerprint density at radius 1 is 1.22 bits per heavy atom. The minimum atomic E-state index is -0.146. The van der Waals surface area contributed by atoms with Crippen LogP contribution in [0.1, 0.15) is 31.9 Å². The van der Waals surface area contributed by atoms with Gasteiger partial charge in [-0.15, -0.1) is 0 Å². The summed E-state index contributed by atoms with van der Waals surface area (Å²) in [7, 11) is 0. The minimum absolute atomic E-state index is 0.146. The van der Waals surface area contributed by atoms with Gasteiger partial charge in [0.1, 0.15) is 0 Å². The Morgan fingerprint density at radius 2 is 2.04 bits per heavy atom. The number of hydrogen-bond donors (Lipinski definition) is 1. The second-order valence-corrected chi connectivity index (χ2v) is 6.06. The van der Waals surface area contributed by atoms with Gasteiger partial charge in [-0.2, -0.15) is 0 Å². The zero-order valence-corrected chi connectivity index (χ0v) is 14.0. The number of nitrogens with zero attached hydrogens (tertiary/aromatic N) is 3. The summed E-state index contributed by atoms with van der Waals surface area (Å²) < 4.78 is 1.74. The van der Waals surface area contributed by atoms with E-state index in [1.54, 1.807) is 17.0 Å². The first-order chi connectivity index (χ1) is 11.1. The number of nitrogens with one attached hydrogen (secondary N) is 1. The number of halogens is 1. The molecule has 0 bridgehead atoms. The number of unbranched alkanes of at least 4 members (excludes halogenated alkanes) is 2.